The lowest BCUT2D eigenvalue weighted by molar-refractivity contribution is 1.20. The van der Waals surface area contributed by atoms with Crippen LogP contribution < -0.4 is 0 Å². The summed E-state index contributed by atoms with van der Waals surface area (Å²) in [6.45, 7) is 2.22. The van der Waals surface area contributed by atoms with Gasteiger partial charge in [0.2, 0.25) is 0 Å². The predicted molar refractivity (Wildman–Crippen MR) is 120 cm³/mol. The fourth-order valence-electron chi connectivity index (χ4n) is 4.16. The Balaban J connectivity index is 1.74. The van der Waals surface area contributed by atoms with Gasteiger partial charge in [-0.25, -0.2) is 0 Å². The van der Waals surface area contributed by atoms with Gasteiger partial charge < -0.3 is 0 Å². The number of rotatable bonds is 3. The molecule has 0 saturated carbocycles. The molecule has 0 spiro atoms. The normalized spacial score (nSPS) is 12.5. The molecule has 4 aromatic rings. The van der Waals surface area contributed by atoms with Gasteiger partial charge in [-0.15, -0.1) is 0 Å². The molecule has 0 saturated heterocycles. The Morgan fingerprint density at radius 1 is 0.536 bits per heavy atom. The van der Waals surface area contributed by atoms with E-state index in [2.05, 4.69) is 110 Å². The second-order valence-corrected chi connectivity index (χ2v) is 7.58. The Bertz CT molecular complexity index is 1110. The first kappa shape index (κ1) is 16.8. The van der Waals surface area contributed by atoms with Crippen LogP contribution in [-0.4, -0.2) is 0 Å². The third kappa shape index (κ3) is 3.08. The minimum atomic E-state index is 1.06. The summed E-state index contributed by atoms with van der Waals surface area (Å²) in [5.74, 6) is 0. The summed E-state index contributed by atoms with van der Waals surface area (Å²) < 4.78 is 0. The first-order valence-electron chi connectivity index (χ1n) is 9.83. The maximum atomic E-state index is 2.35. The van der Waals surface area contributed by atoms with E-state index < -0.39 is 0 Å². The number of allylic oxidation sites excluding steroid dienone is 1. The second-order valence-electron chi connectivity index (χ2n) is 7.58. The van der Waals surface area contributed by atoms with Crippen LogP contribution in [0.15, 0.2) is 103 Å². The molecule has 0 nitrogen and oxygen atoms in total. The maximum absolute atomic E-state index is 2.35. The number of benzene rings is 4. The van der Waals surface area contributed by atoms with E-state index >= 15 is 0 Å². The maximum Gasteiger partial charge on any atom is -0.00604 e. The van der Waals surface area contributed by atoms with Gasteiger partial charge in [-0.1, -0.05) is 90.5 Å². The highest BCUT2D eigenvalue weighted by Crippen LogP contribution is 2.38. The molecule has 0 unspecified atom stereocenters. The van der Waals surface area contributed by atoms with Gasteiger partial charge in [0, 0.05) is 0 Å². The van der Waals surface area contributed by atoms with Crippen LogP contribution in [0.25, 0.3) is 39.5 Å². The molecule has 1 aliphatic rings. The summed E-state index contributed by atoms with van der Waals surface area (Å²) in [6.07, 6.45) is 3.41. The number of hydrogen-bond donors (Lipinski definition) is 0. The van der Waals surface area contributed by atoms with E-state index in [4.69, 9.17) is 0 Å². The highest BCUT2D eigenvalue weighted by Gasteiger charge is 2.15. The molecule has 0 amide bonds. The van der Waals surface area contributed by atoms with Gasteiger partial charge in [0.05, 0.1) is 0 Å². The van der Waals surface area contributed by atoms with Gasteiger partial charge in [0.1, 0.15) is 0 Å². The van der Waals surface area contributed by atoms with Crippen molar-refractivity contribution in [1.82, 2.24) is 0 Å². The Kier molecular flexibility index (Phi) is 4.18. The second kappa shape index (κ2) is 6.98. The summed E-state index contributed by atoms with van der Waals surface area (Å²) in [5.41, 5.74) is 11.9. The van der Waals surface area contributed by atoms with Crippen molar-refractivity contribution in [3.63, 3.8) is 0 Å². The average molecular weight is 358 g/mol. The summed E-state index contributed by atoms with van der Waals surface area (Å²) in [5, 5.41) is 0. The first-order valence-corrected chi connectivity index (χ1v) is 9.83. The zero-order valence-electron chi connectivity index (χ0n) is 16.0. The van der Waals surface area contributed by atoms with E-state index in [1.54, 1.807) is 0 Å². The molecule has 0 fully saturated rings. The predicted octanol–water partition coefficient (Wildman–Crippen LogP) is 7.65. The van der Waals surface area contributed by atoms with Crippen molar-refractivity contribution in [2.24, 2.45) is 0 Å². The minimum Gasteiger partial charge on any atom is -0.0683 e. The Morgan fingerprint density at radius 2 is 1.11 bits per heavy atom. The van der Waals surface area contributed by atoms with Crippen molar-refractivity contribution >= 4 is 6.08 Å². The van der Waals surface area contributed by atoms with Gasteiger partial charge in [-0.2, -0.15) is 0 Å². The van der Waals surface area contributed by atoms with Crippen LogP contribution >= 0.6 is 0 Å². The quantitative estimate of drug-likeness (QED) is 0.353. The Hall–Kier alpha value is -3.38. The molecule has 0 radical (unpaired) electrons. The monoisotopic (exact) mass is 358 g/mol. The van der Waals surface area contributed by atoms with E-state index in [0.29, 0.717) is 0 Å². The largest absolute Gasteiger partial charge is 0.0683 e. The molecule has 0 heterocycles. The standard InChI is InChI=1S/C28H22/c1-20-15-23-13-8-14-27(28(23)16-20)26-18-24(21-9-4-2-5-10-21)17-25(19-26)22-11-6-3-7-12-22/h2-14,16-19H,15H2,1H3. The smallest absolute Gasteiger partial charge is 0.00604 e. The van der Waals surface area contributed by atoms with Crippen LogP contribution in [0.5, 0.6) is 0 Å². The van der Waals surface area contributed by atoms with Crippen molar-refractivity contribution in [1.29, 1.82) is 0 Å². The number of hydrogen-bond acceptors (Lipinski definition) is 0. The van der Waals surface area contributed by atoms with Gasteiger partial charge >= 0.3 is 0 Å². The Labute approximate surface area is 166 Å². The van der Waals surface area contributed by atoms with E-state index in [1.807, 2.05) is 0 Å². The van der Waals surface area contributed by atoms with Gasteiger partial charge in [-0.3, -0.25) is 0 Å². The van der Waals surface area contributed by atoms with Crippen molar-refractivity contribution in [2.45, 2.75) is 13.3 Å². The van der Waals surface area contributed by atoms with Gasteiger partial charge in [-0.05, 0) is 76.1 Å². The SMILES string of the molecule is CC1=Cc2c(cccc2-c2cc(-c3ccccc3)cc(-c3ccccc3)c2)C1. The molecule has 0 bridgehead atoms. The lowest BCUT2D eigenvalue weighted by Crippen LogP contribution is -1.90. The molecule has 28 heavy (non-hydrogen) atoms. The molecular formula is C28H22. The highest BCUT2D eigenvalue weighted by molar-refractivity contribution is 5.86. The molecule has 0 aliphatic heterocycles. The molecule has 134 valence electrons. The summed E-state index contributed by atoms with van der Waals surface area (Å²) in [4.78, 5) is 0. The lowest BCUT2D eigenvalue weighted by atomic mass is 9.91. The van der Waals surface area contributed by atoms with Crippen molar-refractivity contribution < 1.29 is 0 Å². The molecular weight excluding hydrogens is 336 g/mol. The van der Waals surface area contributed by atoms with E-state index in [1.165, 1.54) is 50.1 Å². The average Bonchev–Trinajstić information content (AvgIpc) is 3.15. The molecule has 4 aromatic carbocycles. The van der Waals surface area contributed by atoms with Crippen LogP contribution in [0.3, 0.4) is 0 Å². The van der Waals surface area contributed by atoms with E-state index in [0.717, 1.165) is 6.42 Å². The topological polar surface area (TPSA) is 0 Å². The molecule has 0 heteroatoms. The molecule has 5 rings (SSSR count). The molecule has 0 aromatic heterocycles. The van der Waals surface area contributed by atoms with Gasteiger partial charge in [0.15, 0.2) is 0 Å². The summed E-state index contributed by atoms with van der Waals surface area (Å²) in [7, 11) is 0. The molecule has 1 aliphatic carbocycles. The fraction of sp³-hybridized carbons (Fsp3) is 0.0714. The fourth-order valence-corrected chi connectivity index (χ4v) is 4.16. The highest BCUT2D eigenvalue weighted by atomic mass is 14.2. The third-order valence-corrected chi connectivity index (χ3v) is 5.51. The van der Waals surface area contributed by atoms with Crippen molar-refractivity contribution in [3.05, 3.63) is 114 Å². The van der Waals surface area contributed by atoms with E-state index in [-0.39, 0.29) is 0 Å². The van der Waals surface area contributed by atoms with Gasteiger partial charge in [0.25, 0.3) is 0 Å². The molecule has 0 atom stereocenters. The molecule has 0 N–H and O–H groups in total. The van der Waals surface area contributed by atoms with Crippen LogP contribution in [0.2, 0.25) is 0 Å². The van der Waals surface area contributed by atoms with Crippen LogP contribution in [0.1, 0.15) is 18.1 Å². The van der Waals surface area contributed by atoms with E-state index in [9.17, 15) is 0 Å². The van der Waals surface area contributed by atoms with Crippen LogP contribution in [-0.2, 0) is 6.42 Å². The van der Waals surface area contributed by atoms with Crippen LogP contribution in [0, 0.1) is 0 Å². The van der Waals surface area contributed by atoms with Crippen molar-refractivity contribution in [2.75, 3.05) is 0 Å². The zero-order valence-corrected chi connectivity index (χ0v) is 16.0. The lowest BCUT2D eigenvalue weighted by Gasteiger charge is -2.13. The first-order chi connectivity index (χ1) is 13.8. The van der Waals surface area contributed by atoms with Crippen molar-refractivity contribution in [3.8, 4) is 33.4 Å². The third-order valence-electron chi connectivity index (χ3n) is 5.51. The zero-order chi connectivity index (χ0) is 18.9. The summed E-state index contributed by atoms with van der Waals surface area (Å²) in [6, 6.07) is 35.0. The minimum absolute atomic E-state index is 1.06. The number of fused-ring (bicyclic) bond motifs is 1. The summed E-state index contributed by atoms with van der Waals surface area (Å²) >= 11 is 0. The van der Waals surface area contributed by atoms with Crippen LogP contribution in [0.4, 0.5) is 0 Å². The Morgan fingerprint density at radius 3 is 1.71 bits per heavy atom.